The van der Waals surface area contributed by atoms with Crippen molar-refractivity contribution in [3.8, 4) is 0 Å². The third-order valence-electron chi connectivity index (χ3n) is 4.88. The molecular weight excluding hydrogens is 300 g/mol. The second-order valence-electron chi connectivity index (χ2n) is 6.72. The number of hydrogen-bond donors (Lipinski definition) is 1. The van der Waals surface area contributed by atoms with E-state index in [-0.39, 0.29) is 11.9 Å². The number of benzene rings is 1. The molecule has 128 valence electrons. The van der Waals surface area contributed by atoms with Crippen LogP contribution in [0.5, 0.6) is 0 Å². The third kappa shape index (κ3) is 3.85. The summed E-state index contributed by atoms with van der Waals surface area (Å²) in [6.07, 6.45) is 1.43. The number of likely N-dealkylation sites (tertiary alicyclic amines) is 1. The van der Waals surface area contributed by atoms with E-state index in [1.165, 1.54) is 5.56 Å². The average Bonchev–Trinajstić information content (AvgIpc) is 3.08. The summed E-state index contributed by atoms with van der Waals surface area (Å²) >= 11 is 0. The van der Waals surface area contributed by atoms with Gasteiger partial charge in [0.1, 0.15) is 0 Å². The summed E-state index contributed by atoms with van der Waals surface area (Å²) in [5, 5.41) is 7.57. The minimum Gasteiger partial charge on any atom is -0.352 e. The van der Waals surface area contributed by atoms with Crippen molar-refractivity contribution in [3.05, 3.63) is 52.8 Å². The average molecular weight is 326 g/mol. The van der Waals surface area contributed by atoms with Gasteiger partial charge in [-0.1, -0.05) is 30.3 Å². The zero-order valence-corrected chi connectivity index (χ0v) is 14.7. The SMILES string of the molecule is Cc1nn(C)c(C)c1CC(=O)NC1CCN(Cc2ccccc2)C1. The molecule has 24 heavy (non-hydrogen) atoms. The number of nitrogens with zero attached hydrogens (tertiary/aromatic N) is 3. The Kier molecular flexibility index (Phi) is 5.00. The first-order chi connectivity index (χ1) is 11.5. The van der Waals surface area contributed by atoms with Gasteiger partial charge < -0.3 is 5.32 Å². The van der Waals surface area contributed by atoms with Gasteiger partial charge in [0.2, 0.25) is 5.91 Å². The summed E-state index contributed by atoms with van der Waals surface area (Å²) in [6, 6.07) is 10.7. The lowest BCUT2D eigenvalue weighted by Crippen LogP contribution is -2.38. The van der Waals surface area contributed by atoms with E-state index in [9.17, 15) is 4.79 Å². The second kappa shape index (κ2) is 7.18. The first-order valence-corrected chi connectivity index (χ1v) is 8.57. The van der Waals surface area contributed by atoms with Crippen molar-refractivity contribution in [2.45, 2.75) is 39.3 Å². The van der Waals surface area contributed by atoms with Crippen LogP contribution in [0.2, 0.25) is 0 Å². The van der Waals surface area contributed by atoms with Crippen LogP contribution in [0.25, 0.3) is 0 Å². The number of carbonyl (C=O) groups excluding carboxylic acids is 1. The van der Waals surface area contributed by atoms with Crippen molar-refractivity contribution in [1.82, 2.24) is 20.0 Å². The molecule has 3 rings (SSSR count). The monoisotopic (exact) mass is 326 g/mol. The van der Waals surface area contributed by atoms with Gasteiger partial charge in [0.25, 0.3) is 0 Å². The van der Waals surface area contributed by atoms with Crippen molar-refractivity contribution in [1.29, 1.82) is 0 Å². The maximum absolute atomic E-state index is 12.4. The van der Waals surface area contributed by atoms with Crippen LogP contribution in [0, 0.1) is 13.8 Å². The summed E-state index contributed by atoms with van der Waals surface area (Å²) in [5.41, 5.74) is 4.39. The smallest absolute Gasteiger partial charge is 0.224 e. The first kappa shape index (κ1) is 16.7. The fraction of sp³-hybridized carbons (Fsp3) is 0.474. The summed E-state index contributed by atoms with van der Waals surface area (Å²) in [7, 11) is 1.92. The molecule has 2 heterocycles. The van der Waals surface area contributed by atoms with E-state index >= 15 is 0 Å². The quantitative estimate of drug-likeness (QED) is 0.914. The topological polar surface area (TPSA) is 50.2 Å². The van der Waals surface area contributed by atoms with Crippen LogP contribution in [0.15, 0.2) is 30.3 Å². The highest BCUT2D eigenvalue weighted by Gasteiger charge is 2.24. The fourth-order valence-corrected chi connectivity index (χ4v) is 3.45. The molecule has 1 N–H and O–H groups in total. The standard InChI is InChI=1S/C19H26N4O/c1-14-18(15(2)22(3)21-14)11-19(24)20-17-9-10-23(13-17)12-16-7-5-4-6-8-16/h4-8,17H,9-13H2,1-3H3,(H,20,24). The van der Waals surface area contributed by atoms with Crippen molar-refractivity contribution in [2.75, 3.05) is 13.1 Å². The molecule has 5 nitrogen and oxygen atoms in total. The van der Waals surface area contributed by atoms with E-state index in [1.54, 1.807) is 0 Å². The molecule has 0 spiro atoms. The van der Waals surface area contributed by atoms with Gasteiger partial charge >= 0.3 is 0 Å². The van der Waals surface area contributed by atoms with E-state index in [2.05, 4.69) is 39.6 Å². The predicted molar refractivity (Wildman–Crippen MR) is 94.7 cm³/mol. The molecule has 1 unspecified atom stereocenters. The van der Waals surface area contributed by atoms with E-state index < -0.39 is 0 Å². The number of rotatable bonds is 5. The Bertz CT molecular complexity index is 708. The van der Waals surface area contributed by atoms with Gasteiger partial charge in [-0.05, 0) is 25.8 Å². The van der Waals surface area contributed by atoms with Crippen LogP contribution in [0.4, 0.5) is 0 Å². The molecule has 0 aliphatic carbocycles. The molecular formula is C19H26N4O. The summed E-state index contributed by atoms with van der Waals surface area (Å²) in [5.74, 6) is 0.0979. The zero-order chi connectivity index (χ0) is 17.1. The maximum atomic E-state index is 12.4. The molecule has 1 aliphatic heterocycles. The Morgan fingerprint density at radius 1 is 1.29 bits per heavy atom. The van der Waals surface area contributed by atoms with Gasteiger partial charge in [-0.15, -0.1) is 0 Å². The molecule has 2 aromatic rings. The van der Waals surface area contributed by atoms with Crippen LogP contribution in [-0.4, -0.2) is 39.7 Å². The molecule has 0 saturated carbocycles. The Balaban J connectivity index is 1.51. The van der Waals surface area contributed by atoms with Crippen molar-refractivity contribution in [3.63, 3.8) is 0 Å². The van der Waals surface area contributed by atoms with Gasteiger partial charge in [0, 0.05) is 44.0 Å². The van der Waals surface area contributed by atoms with Crippen LogP contribution in [0.3, 0.4) is 0 Å². The molecule has 0 bridgehead atoms. The van der Waals surface area contributed by atoms with E-state index in [1.807, 2.05) is 31.6 Å². The molecule has 0 radical (unpaired) electrons. The first-order valence-electron chi connectivity index (χ1n) is 8.57. The molecule has 1 saturated heterocycles. The number of hydrogen-bond acceptors (Lipinski definition) is 3. The number of carbonyl (C=O) groups is 1. The van der Waals surface area contributed by atoms with Gasteiger partial charge in [-0.3, -0.25) is 14.4 Å². The normalized spacial score (nSPS) is 18.0. The van der Waals surface area contributed by atoms with Gasteiger partial charge in [0.05, 0.1) is 12.1 Å². The Labute approximate surface area is 143 Å². The summed E-state index contributed by atoms with van der Waals surface area (Å²) in [4.78, 5) is 14.8. The molecule has 1 fully saturated rings. The number of amides is 1. The highest BCUT2D eigenvalue weighted by molar-refractivity contribution is 5.79. The molecule has 1 aromatic carbocycles. The number of aromatic nitrogens is 2. The zero-order valence-electron chi connectivity index (χ0n) is 14.7. The number of aryl methyl sites for hydroxylation is 2. The lowest BCUT2D eigenvalue weighted by Gasteiger charge is -2.17. The van der Waals surface area contributed by atoms with E-state index in [0.717, 1.165) is 43.0 Å². The molecule has 1 amide bonds. The van der Waals surface area contributed by atoms with E-state index in [0.29, 0.717) is 6.42 Å². The molecule has 5 heteroatoms. The highest BCUT2D eigenvalue weighted by Crippen LogP contribution is 2.15. The Morgan fingerprint density at radius 3 is 2.71 bits per heavy atom. The lowest BCUT2D eigenvalue weighted by atomic mass is 10.1. The molecule has 1 aromatic heterocycles. The minimum atomic E-state index is 0.0979. The van der Waals surface area contributed by atoms with Gasteiger partial charge in [0.15, 0.2) is 0 Å². The third-order valence-corrected chi connectivity index (χ3v) is 4.88. The highest BCUT2D eigenvalue weighted by atomic mass is 16.1. The maximum Gasteiger partial charge on any atom is 0.224 e. The van der Waals surface area contributed by atoms with Crippen molar-refractivity contribution in [2.24, 2.45) is 7.05 Å². The molecule has 1 atom stereocenters. The van der Waals surface area contributed by atoms with Gasteiger partial charge in [-0.25, -0.2) is 0 Å². The predicted octanol–water partition coefficient (Wildman–Crippen LogP) is 1.97. The minimum absolute atomic E-state index is 0.0979. The summed E-state index contributed by atoms with van der Waals surface area (Å²) < 4.78 is 1.84. The van der Waals surface area contributed by atoms with E-state index in [4.69, 9.17) is 0 Å². The number of nitrogens with one attached hydrogen (secondary N) is 1. The lowest BCUT2D eigenvalue weighted by molar-refractivity contribution is -0.121. The van der Waals surface area contributed by atoms with Crippen LogP contribution < -0.4 is 5.32 Å². The summed E-state index contributed by atoms with van der Waals surface area (Å²) in [6.45, 7) is 6.89. The molecule has 1 aliphatic rings. The van der Waals surface area contributed by atoms with Gasteiger partial charge in [-0.2, -0.15) is 5.10 Å². The van der Waals surface area contributed by atoms with Crippen molar-refractivity contribution < 1.29 is 4.79 Å². The van der Waals surface area contributed by atoms with Crippen LogP contribution in [0.1, 0.15) is 28.9 Å². The fourth-order valence-electron chi connectivity index (χ4n) is 3.45. The van der Waals surface area contributed by atoms with Crippen LogP contribution >= 0.6 is 0 Å². The van der Waals surface area contributed by atoms with Crippen molar-refractivity contribution >= 4 is 5.91 Å². The Morgan fingerprint density at radius 2 is 2.04 bits per heavy atom. The second-order valence-corrected chi connectivity index (χ2v) is 6.72. The largest absolute Gasteiger partial charge is 0.352 e. The van der Waals surface area contributed by atoms with Crippen LogP contribution in [-0.2, 0) is 24.8 Å². The Hall–Kier alpha value is -2.14.